The van der Waals surface area contributed by atoms with Gasteiger partial charge in [-0.25, -0.2) is 4.98 Å². The zero-order valence-corrected chi connectivity index (χ0v) is 8.69. The molecule has 0 N–H and O–H groups in total. The van der Waals surface area contributed by atoms with E-state index < -0.39 is 0 Å². The minimum atomic E-state index is -0.195. The van der Waals surface area contributed by atoms with E-state index in [0.29, 0.717) is 13.0 Å². The van der Waals surface area contributed by atoms with E-state index in [1.807, 2.05) is 12.3 Å². The van der Waals surface area contributed by atoms with Crippen molar-refractivity contribution in [3.05, 3.63) is 16.1 Å². The van der Waals surface area contributed by atoms with Gasteiger partial charge in [-0.3, -0.25) is 4.79 Å². The Kier molecular flexibility index (Phi) is 3.89. The molecule has 0 saturated heterocycles. The molecule has 1 heterocycles. The van der Waals surface area contributed by atoms with Gasteiger partial charge >= 0.3 is 5.97 Å². The molecule has 13 heavy (non-hydrogen) atoms. The summed E-state index contributed by atoms with van der Waals surface area (Å²) in [5, 5.41) is 2.82. The molecule has 1 aromatic rings. The molecule has 0 atom stereocenters. The Balaban J connectivity index is 2.49. The molecule has 0 amide bonds. The van der Waals surface area contributed by atoms with Crippen LogP contribution in [0.15, 0.2) is 5.38 Å². The zero-order valence-electron chi connectivity index (χ0n) is 7.87. The highest BCUT2D eigenvalue weighted by Crippen LogP contribution is 2.11. The molecule has 0 radical (unpaired) electrons. The number of hydrogen-bond donors (Lipinski definition) is 0. The molecule has 0 fully saturated rings. The lowest BCUT2D eigenvalue weighted by Crippen LogP contribution is -2.07. The van der Waals surface area contributed by atoms with Gasteiger partial charge in [0.05, 0.1) is 18.7 Å². The largest absolute Gasteiger partial charge is 0.466 e. The molecule has 0 aliphatic heterocycles. The lowest BCUT2D eigenvalue weighted by molar-refractivity contribution is -0.142. The highest BCUT2D eigenvalue weighted by atomic mass is 32.1. The van der Waals surface area contributed by atoms with E-state index in [0.717, 1.165) is 17.1 Å². The van der Waals surface area contributed by atoms with Crippen LogP contribution < -0.4 is 0 Å². The summed E-state index contributed by atoms with van der Waals surface area (Å²) >= 11 is 1.52. The predicted octanol–water partition coefficient (Wildman–Crippen LogP) is 1.81. The van der Waals surface area contributed by atoms with Crippen molar-refractivity contribution in [2.75, 3.05) is 6.61 Å². The summed E-state index contributed by atoms with van der Waals surface area (Å²) < 4.78 is 4.82. The number of rotatable bonds is 4. The molecule has 0 bridgehead atoms. The van der Waals surface area contributed by atoms with Gasteiger partial charge in [-0.05, 0) is 13.3 Å². The Morgan fingerprint density at radius 3 is 2.92 bits per heavy atom. The van der Waals surface area contributed by atoms with E-state index in [1.54, 1.807) is 6.92 Å². The Morgan fingerprint density at radius 1 is 1.62 bits per heavy atom. The third-order valence-electron chi connectivity index (χ3n) is 1.56. The average Bonchev–Trinajstić information content (AvgIpc) is 2.52. The van der Waals surface area contributed by atoms with Crippen molar-refractivity contribution in [1.29, 1.82) is 0 Å². The smallest absolute Gasteiger partial charge is 0.312 e. The van der Waals surface area contributed by atoms with Crippen LogP contribution in [0.3, 0.4) is 0 Å². The van der Waals surface area contributed by atoms with Crippen LogP contribution >= 0.6 is 11.3 Å². The fraction of sp³-hybridized carbons (Fsp3) is 0.556. The molecule has 0 aliphatic rings. The van der Waals surface area contributed by atoms with Crippen molar-refractivity contribution in [2.24, 2.45) is 0 Å². The zero-order chi connectivity index (χ0) is 9.68. The third-order valence-corrected chi connectivity index (χ3v) is 2.46. The summed E-state index contributed by atoms with van der Waals surface area (Å²) in [6.07, 6.45) is 1.22. The van der Waals surface area contributed by atoms with E-state index in [9.17, 15) is 4.79 Å². The molecular weight excluding hydrogens is 186 g/mol. The van der Waals surface area contributed by atoms with Crippen LogP contribution in [0.2, 0.25) is 0 Å². The number of carbonyl (C=O) groups is 1. The van der Waals surface area contributed by atoms with E-state index in [1.165, 1.54) is 11.3 Å². The molecule has 72 valence electrons. The van der Waals surface area contributed by atoms with Gasteiger partial charge in [0.1, 0.15) is 5.01 Å². The predicted molar refractivity (Wildman–Crippen MR) is 51.8 cm³/mol. The van der Waals surface area contributed by atoms with Gasteiger partial charge in [-0.2, -0.15) is 0 Å². The van der Waals surface area contributed by atoms with Gasteiger partial charge in [0.25, 0.3) is 0 Å². The van der Waals surface area contributed by atoms with Gasteiger partial charge in [0.15, 0.2) is 0 Å². The van der Waals surface area contributed by atoms with Crippen molar-refractivity contribution >= 4 is 17.3 Å². The van der Waals surface area contributed by atoms with Crippen molar-refractivity contribution in [3.63, 3.8) is 0 Å². The summed E-state index contributed by atoms with van der Waals surface area (Å²) in [6.45, 7) is 4.28. The second-order valence-electron chi connectivity index (χ2n) is 2.57. The highest BCUT2D eigenvalue weighted by Gasteiger charge is 2.07. The third kappa shape index (κ3) is 3.14. The van der Waals surface area contributed by atoms with Crippen molar-refractivity contribution in [1.82, 2.24) is 4.98 Å². The minimum absolute atomic E-state index is 0.195. The lowest BCUT2D eigenvalue weighted by Gasteiger charge is -1.97. The summed E-state index contributed by atoms with van der Waals surface area (Å²) in [4.78, 5) is 15.3. The van der Waals surface area contributed by atoms with Crippen LogP contribution in [0, 0.1) is 0 Å². The molecule has 1 rings (SSSR count). The van der Waals surface area contributed by atoms with Crippen LogP contribution in [0.4, 0.5) is 0 Å². The normalized spacial score (nSPS) is 10.0. The maximum absolute atomic E-state index is 11.1. The van der Waals surface area contributed by atoms with E-state index in [2.05, 4.69) is 4.98 Å². The molecule has 3 nitrogen and oxygen atoms in total. The summed E-state index contributed by atoms with van der Waals surface area (Å²) in [5.41, 5.74) is 1.05. The molecule has 0 aliphatic carbocycles. The van der Waals surface area contributed by atoms with Crippen molar-refractivity contribution in [3.8, 4) is 0 Å². The number of hydrogen-bond acceptors (Lipinski definition) is 4. The first-order chi connectivity index (χ1) is 6.26. The first kappa shape index (κ1) is 10.2. The first-order valence-corrected chi connectivity index (χ1v) is 5.23. The Hall–Kier alpha value is -0.900. The van der Waals surface area contributed by atoms with E-state index in [4.69, 9.17) is 4.74 Å². The lowest BCUT2D eigenvalue weighted by atomic mass is 10.4. The number of aromatic nitrogens is 1. The van der Waals surface area contributed by atoms with Gasteiger partial charge in [0.2, 0.25) is 0 Å². The topological polar surface area (TPSA) is 39.2 Å². The second kappa shape index (κ2) is 4.97. The second-order valence-corrected chi connectivity index (χ2v) is 3.51. The van der Waals surface area contributed by atoms with Crippen LogP contribution in [0.25, 0.3) is 0 Å². The number of thiazole rings is 1. The Morgan fingerprint density at radius 2 is 2.38 bits per heavy atom. The summed E-state index contributed by atoms with van der Waals surface area (Å²) in [6, 6.07) is 0. The SMILES string of the molecule is CCOC(=O)Cc1nc(CC)cs1. The van der Waals surface area contributed by atoms with Crippen molar-refractivity contribution in [2.45, 2.75) is 26.7 Å². The van der Waals surface area contributed by atoms with Crippen LogP contribution in [0.5, 0.6) is 0 Å². The number of esters is 1. The highest BCUT2D eigenvalue weighted by molar-refractivity contribution is 7.09. The van der Waals surface area contributed by atoms with Gasteiger partial charge in [-0.1, -0.05) is 6.92 Å². The summed E-state index contributed by atoms with van der Waals surface area (Å²) in [5.74, 6) is -0.195. The van der Waals surface area contributed by atoms with Gasteiger partial charge < -0.3 is 4.74 Å². The van der Waals surface area contributed by atoms with E-state index >= 15 is 0 Å². The first-order valence-electron chi connectivity index (χ1n) is 4.35. The minimum Gasteiger partial charge on any atom is -0.466 e. The van der Waals surface area contributed by atoms with Gasteiger partial charge in [0, 0.05) is 5.38 Å². The Bertz CT molecular complexity index is 283. The average molecular weight is 199 g/mol. The molecule has 1 aromatic heterocycles. The number of aryl methyl sites for hydroxylation is 1. The number of carbonyl (C=O) groups excluding carboxylic acids is 1. The molecule has 4 heteroatoms. The molecule has 0 spiro atoms. The Labute approximate surface area is 81.8 Å². The summed E-state index contributed by atoms with van der Waals surface area (Å²) in [7, 11) is 0. The van der Waals surface area contributed by atoms with Crippen LogP contribution in [0.1, 0.15) is 24.5 Å². The maximum atomic E-state index is 11.1. The quantitative estimate of drug-likeness (QED) is 0.694. The molecule has 0 unspecified atom stereocenters. The molecule has 0 aromatic carbocycles. The molecular formula is C9H13NO2S. The van der Waals surface area contributed by atoms with Crippen molar-refractivity contribution < 1.29 is 9.53 Å². The number of ether oxygens (including phenoxy) is 1. The maximum Gasteiger partial charge on any atom is 0.312 e. The van der Waals surface area contributed by atoms with Crippen LogP contribution in [-0.4, -0.2) is 17.6 Å². The molecule has 0 saturated carbocycles. The number of nitrogens with zero attached hydrogens (tertiary/aromatic N) is 1. The fourth-order valence-electron chi connectivity index (χ4n) is 0.928. The standard InChI is InChI=1S/C9H13NO2S/c1-3-7-6-13-8(10-7)5-9(11)12-4-2/h6H,3-5H2,1-2H3. The van der Waals surface area contributed by atoms with Gasteiger partial charge in [-0.15, -0.1) is 11.3 Å². The van der Waals surface area contributed by atoms with E-state index in [-0.39, 0.29) is 5.97 Å². The van der Waals surface area contributed by atoms with Crippen LogP contribution in [-0.2, 0) is 22.4 Å². The fourth-order valence-corrected chi connectivity index (χ4v) is 1.79. The monoisotopic (exact) mass is 199 g/mol.